The monoisotopic (exact) mass is 309 g/mol. The van der Waals surface area contributed by atoms with Gasteiger partial charge in [0.05, 0.1) is 0 Å². The predicted molar refractivity (Wildman–Crippen MR) is 99.6 cm³/mol. The summed E-state index contributed by atoms with van der Waals surface area (Å²) in [6.45, 7) is 6.17. The van der Waals surface area contributed by atoms with Crippen molar-refractivity contribution in [3.05, 3.63) is 71.8 Å². The summed E-state index contributed by atoms with van der Waals surface area (Å²) in [5.41, 5.74) is 1.82. The molecule has 1 atom stereocenters. The Balaban J connectivity index is 2.35. The van der Waals surface area contributed by atoms with Gasteiger partial charge in [-0.1, -0.05) is 69.3 Å². The predicted octanol–water partition coefficient (Wildman–Crippen LogP) is 4.70. The van der Waals surface area contributed by atoms with Crippen LogP contribution in [0, 0.1) is 5.41 Å². The van der Waals surface area contributed by atoms with Crippen molar-refractivity contribution in [3.63, 3.8) is 0 Å². The highest BCUT2D eigenvalue weighted by atomic mass is 16.3. The lowest BCUT2D eigenvalue weighted by atomic mass is 9.72. The van der Waals surface area contributed by atoms with Crippen LogP contribution in [0.2, 0.25) is 0 Å². The minimum Gasteiger partial charge on any atom is -0.380 e. The van der Waals surface area contributed by atoms with Crippen molar-refractivity contribution in [3.8, 4) is 0 Å². The van der Waals surface area contributed by atoms with E-state index in [1.165, 1.54) is 0 Å². The first kappa shape index (κ1) is 17.3. The summed E-state index contributed by atoms with van der Waals surface area (Å²) in [4.78, 5) is 2.07. The molecule has 0 fully saturated rings. The van der Waals surface area contributed by atoms with E-state index in [1.54, 1.807) is 0 Å². The fraction of sp³-hybridized carbons (Fsp3) is 0.333. The van der Waals surface area contributed by atoms with Gasteiger partial charge in [-0.2, -0.15) is 0 Å². The lowest BCUT2D eigenvalue weighted by molar-refractivity contribution is -0.0178. The first-order valence-corrected chi connectivity index (χ1v) is 7.98. The van der Waals surface area contributed by atoms with Crippen molar-refractivity contribution in [1.29, 1.82) is 0 Å². The summed E-state index contributed by atoms with van der Waals surface area (Å²) in [5, 5.41) is 11.3. The Bertz CT molecular complexity index is 650. The van der Waals surface area contributed by atoms with Gasteiger partial charge in [-0.3, -0.25) is 0 Å². The van der Waals surface area contributed by atoms with Crippen molar-refractivity contribution in [2.24, 2.45) is 5.41 Å². The Morgan fingerprint density at radius 3 is 1.91 bits per heavy atom. The van der Waals surface area contributed by atoms with E-state index < -0.39 is 5.60 Å². The van der Waals surface area contributed by atoms with Crippen LogP contribution in [-0.4, -0.2) is 19.2 Å². The molecular formula is C21H27NO. The van der Waals surface area contributed by atoms with Crippen LogP contribution < -0.4 is 4.90 Å². The third-order valence-corrected chi connectivity index (χ3v) is 4.28. The summed E-state index contributed by atoms with van der Waals surface area (Å²) in [6.07, 6.45) is 3.91. The number of benzene rings is 2. The molecule has 0 amide bonds. The fourth-order valence-corrected chi connectivity index (χ4v) is 2.57. The molecule has 122 valence electrons. The molecule has 0 bridgehead atoms. The highest BCUT2D eigenvalue weighted by Gasteiger charge is 2.39. The second kappa shape index (κ2) is 6.59. The van der Waals surface area contributed by atoms with Crippen LogP contribution in [0.5, 0.6) is 0 Å². The molecule has 0 aliphatic heterocycles. The van der Waals surface area contributed by atoms with E-state index in [-0.39, 0.29) is 5.41 Å². The molecule has 23 heavy (non-hydrogen) atoms. The molecule has 0 heterocycles. The topological polar surface area (TPSA) is 23.5 Å². The van der Waals surface area contributed by atoms with Crippen LogP contribution >= 0.6 is 0 Å². The Labute approximate surface area is 140 Å². The summed E-state index contributed by atoms with van der Waals surface area (Å²) in [7, 11) is 4.05. The lowest BCUT2D eigenvalue weighted by Crippen LogP contribution is -2.38. The van der Waals surface area contributed by atoms with Gasteiger partial charge in [0.2, 0.25) is 0 Å². The van der Waals surface area contributed by atoms with Gasteiger partial charge in [-0.05, 0) is 34.8 Å². The first-order valence-electron chi connectivity index (χ1n) is 7.98. The van der Waals surface area contributed by atoms with E-state index in [1.807, 2.05) is 56.6 Å². The second-order valence-corrected chi connectivity index (χ2v) is 7.20. The van der Waals surface area contributed by atoms with Crippen LogP contribution in [0.15, 0.2) is 60.7 Å². The van der Waals surface area contributed by atoms with Gasteiger partial charge in [0.25, 0.3) is 0 Å². The number of aliphatic hydroxyl groups is 1. The average molecular weight is 309 g/mol. The molecule has 2 nitrogen and oxygen atoms in total. The van der Waals surface area contributed by atoms with Gasteiger partial charge >= 0.3 is 0 Å². The maximum absolute atomic E-state index is 11.3. The van der Waals surface area contributed by atoms with E-state index in [0.29, 0.717) is 0 Å². The van der Waals surface area contributed by atoms with E-state index in [0.717, 1.165) is 16.8 Å². The second-order valence-electron chi connectivity index (χ2n) is 7.20. The van der Waals surface area contributed by atoms with E-state index >= 15 is 0 Å². The molecule has 0 saturated heterocycles. The first-order chi connectivity index (χ1) is 10.7. The number of rotatable bonds is 4. The Morgan fingerprint density at radius 2 is 1.43 bits per heavy atom. The molecule has 0 spiro atoms. The molecule has 2 aromatic rings. The van der Waals surface area contributed by atoms with E-state index in [9.17, 15) is 5.11 Å². The zero-order valence-electron chi connectivity index (χ0n) is 14.7. The number of anilines is 1. The summed E-state index contributed by atoms with van der Waals surface area (Å²) in [6, 6.07) is 18.2. The number of nitrogens with zero attached hydrogens (tertiary/aromatic N) is 1. The zero-order chi connectivity index (χ0) is 17.1. The highest BCUT2D eigenvalue weighted by Crippen LogP contribution is 2.40. The Hall–Kier alpha value is -2.06. The zero-order valence-corrected chi connectivity index (χ0v) is 14.7. The third kappa shape index (κ3) is 3.83. The van der Waals surface area contributed by atoms with Crippen LogP contribution in [0.1, 0.15) is 31.9 Å². The van der Waals surface area contributed by atoms with Gasteiger partial charge < -0.3 is 10.0 Å². The lowest BCUT2D eigenvalue weighted by Gasteiger charge is -2.38. The molecule has 0 saturated carbocycles. The molecule has 1 unspecified atom stereocenters. The minimum absolute atomic E-state index is 0.311. The van der Waals surface area contributed by atoms with Crippen LogP contribution in [-0.2, 0) is 5.60 Å². The van der Waals surface area contributed by atoms with Gasteiger partial charge in [-0.25, -0.2) is 0 Å². The highest BCUT2D eigenvalue weighted by molar-refractivity contribution is 5.57. The summed E-state index contributed by atoms with van der Waals surface area (Å²) in [5.74, 6) is 0. The maximum Gasteiger partial charge on any atom is 0.113 e. The van der Waals surface area contributed by atoms with Gasteiger partial charge in [0.15, 0.2) is 0 Å². The third-order valence-electron chi connectivity index (χ3n) is 4.28. The van der Waals surface area contributed by atoms with Crippen molar-refractivity contribution in [2.45, 2.75) is 26.4 Å². The van der Waals surface area contributed by atoms with E-state index in [4.69, 9.17) is 0 Å². The van der Waals surface area contributed by atoms with Gasteiger partial charge in [0, 0.05) is 19.8 Å². The molecule has 0 aromatic heterocycles. The molecular weight excluding hydrogens is 282 g/mol. The van der Waals surface area contributed by atoms with Crippen LogP contribution in [0.3, 0.4) is 0 Å². The van der Waals surface area contributed by atoms with Crippen LogP contribution in [0.25, 0.3) is 6.08 Å². The molecule has 0 radical (unpaired) electrons. The molecule has 1 N–H and O–H groups in total. The van der Waals surface area contributed by atoms with Crippen molar-refractivity contribution >= 4 is 11.8 Å². The molecule has 2 rings (SSSR count). The quantitative estimate of drug-likeness (QED) is 0.885. The van der Waals surface area contributed by atoms with Gasteiger partial charge in [0.1, 0.15) is 5.60 Å². The van der Waals surface area contributed by atoms with Crippen molar-refractivity contribution in [1.82, 2.24) is 0 Å². The standard InChI is InChI=1S/C21H27NO/c1-20(2,3)21(23,18-9-7-6-8-10-18)16-15-17-11-13-19(14-12-17)22(4)5/h6-16,23H,1-5H3/b16-15+. The van der Waals surface area contributed by atoms with Crippen molar-refractivity contribution < 1.29 is 5.11 Å². The van der Waals surface area contributed by atoms with Gasteiger partial charge in [-0.15, -0.1) is 0 Å². The van der Waals surface area contributed by atoms with E-state index in [2.05, 4.69) is 49.9 Å². The summed E-state index contributed by atoms with van der Waals surface area (Å²) < 4.78 is 0. The molecule has 2 heteroatoms. The van der Waals surface area contributed by atoms with Crippen molar-refractivity contribution in [2.75, 3.05) is 19.0 Å². The largest absolute Gasteiger partial charge is 0.380 e. The van der Waals surface area contributed by atoms with Crippen LogP contribution in [0.4, 0.5) is 5.69 Å². The molecule has 0 aliphatic carbocycles. The normalized spacial score (nSPS) is 14.7. The molecule has 2 aromatic carbocycles. The minimum atomic E-state index is -1.02. The number of hydrogen-bond donors (Lipinski definition) is 1. The molecule has 0 aliphatic rings. The average Bonchev–Trinajstić information content (AvgIpc) is 2.52. The smallest absolute Gasteiger partial charge is 0.113 e. The number of hydrogen-bond acceptors (Lipinski definition) is 2. The fourth-order valence-electron chi connectivity index (χ4n) is 2.57. The maximum atomic E-state index is 11.3. The Morgan fingerprint density at radius 1 is 0.870 bits per heavy atom. The Kier molecular flexibility index (Phi) is 4.96. The summed E-state index contributed by atoms with van der Waals surface area (Å²) >= 11 is 0. The SMILES string of the molecule is CN(C)c1ccc(/C=C/C(O)(c2ccccc2)C(C)(C)C)cc1.